The molecule has 0 N–H and O–H groups in total. The number of halogens is 1. The molecule has 1 amide bonds. The second-order valence-electron chi connectivity index (χ2n) is 7.63. The molecule has 0 atom stereocenters. The Balaban J connectivity index is 1.52. The quantitative estimate of drug-likeness (QED) is 0.536. The van der Waals surface area contributed by atoms with Crippen molar-refractivity contribution in [3.63, 3.8) is 0 Å². The zero-order valence-electron chi connectivity index (χ0n) is 17.8. The van der Waals surface area contributed by atoms with Gasteiger partial charge in [0.2, 0.25) is 0 Å². The van der Waals surface area contributed by atoms with Gasteiger partial charge in [-0.2, -0.15) is 0 Å². The van der Waals surface area contributed by atoms with Crippen molar-refractivity contribution in [2.45, 2.75) is 17.9 Å². The lowest BCUT2D eigenvalue weighted by Gasteiger charge is -2.21. The molecule has 8 heteroatoms. The van der Waals surface area contributed by atoms with E-state index in [0.29, 0.717) is 35.8 Å². The summed E-state index contributed by atoms with van der Waals surface area (Å²) in [6.07, 6.45) is 0.547. The number of carbonyl (C=O) groups is 1. The minimum Gasteiger partial charge on any atom is -0.497 e. The summed E-state index contributed by atoms with van der Waals surface area (Å²) in [6, 6.07) is 18.9. The smallest absolute Gasteiger partial charge is 0.264 e. The fourth-order valence-electron chi connectivity index (χ4n) is 3.78. The molecule has 3 aromatic carbocycles. The van der Waals surface area contributed by atoms with E-state index >= 15 is 0 Å². The Morgan fingerprint density at radius 3 is 2.41 bits per heavy atom. The predicted molar refractivity (Wildman–Crippen MR) is 125 cm³/mol. The molecular weight excluding hydrogens is 448 g/mol. The Kier molecular flexibility index (Phi) is 6.13. The lowest BCUT2D eigenvalue weighted by molar-refractivity contribution is 0.0785. The van der Waals surface area contributed by atoms with Gasteiger partial charge in [0, 0.05) is 30.7 Å². The summed E-state index contributed by atoms with van der Waals surface area (Å²) in [4.78, 5) is 14.8. The lowest BCUT2D eigenvalue weighted by atomic mass is 10.1. The number of methoxy groups -OCH3 is 1. The minimum atomic E-state index is -3.70. The van der Waals surface area contributed by atoms with Crippen LogP contribution < -0.4 is 9.04 Å². The number of rotatable bonds is 6. The highest BCUT2D eigenvalue weighted by Crippen LogP contribution is 2.34. The molecule has 0 spiro atoms. The van der Waals surface area contributed by atoms with Crippen molar-refractivity contribution in [1.82, 2.24) is 4.90 Å². The van der Waals surface area contributed by atoms with E-state index < -0.39 is 10.0 Å². The van der Waals surface area contributed by atoms with Gasteiger partial charge in [-0.3, -0.25) is 9.10 Å². The van der Waals surface area contributed by atoms with Crippen LogP contribution >= 0.6 is 11.6 Å². The number of ether oxygens (including phenoxy) is 1. The highest BCUT2D eigenvalue weighted by atomic mass is 35.5. The van der Waals surface area contributed by atoms with E-state index in [1.54, 1.807) is 49.4 Å². The van der Waals surface area contributed by atoms with Gasteiger partial charge in [0.1, 0.15) is 5.75 Å². The molecule has 1 heterocycles. The summed E-state index contributed by atoms with van der Waals surface area (Å²) in [5, 5.41) is 0.479. The van der Waals surface area contributed by atoms with Crippen LogP contribution in [0.4, 0.5) is 5.69 Å². The molecule has 0 saturated carbocycles. The van der Waals surface area contributed by atoms with E-state index in [4.69, 9.17) is 16.3 Å². The largest absolute Gasteiger partial charge is 0.497 e. The third-order valence-corrected chi connectivity index (χ3v) is 7.59. The van der Waals surface area contributed by atoms with E-state index in [2.05, 4.69) is 0 Å². The number of hydrogen-bond acceptors (Lipinski definition) is 4. The average molecular weight is 471 g/mol. The molecule has 3 aromatic rings. The van der Waals surface area contributed by atoms with Gasteiger partial charge in [-0.1, -0.05) is 23.7 Å². The number of fused-ring (bicyclic) bond motifs is 1. The maximum absolute atomic E-state index is 13.1. The minimum absolute atomic E-state index is 0.123. The predicted octanol–water partition coefficient (Wildman–Crippen LogP) is 4.37. The number of sulfonamides is 1. The number of carbonyl (C=O) groups excluding carboxylic acids is 1. The molecule has 0 saturated heterocycles. The van der Waals surface area contributed by atoms with Crippen LogP contribution in [0.3, 0.4) is 0 Å². The van der Waals surface area contributed by atoms with Gasteiger partial charge in [-0.05, 0) is 72.1 Å². The molecule has 0 bridgehead atoms. The first kappa shape index (κ1) is 22.2. The number of amides is 1. The Bertz CT molecular complexity index is 1240. The molecule has 0 unspecified atom stereocenters. The Morgan fingerprint density at radius 2 is 1.75 bits per heavy atom. The first-order chi connectivity index (χ1) is 15.3. The van der Waals surface area contributed by atoms with Gasteiger partial charge >= 0.3 is 0 Å². The zero-order chi connectivity index (χ0) is 22.9. The first-order valence-electron chi connectivity index (χ1n) is 10.1. The number of anilines is 1. The molecule has 166 valence electrons. The lowest BCUT2D eigenvalue weighted by Crippen LogP contribution is -2.29. The maximum Gasteiger partial charge on any atom is 0.264 e. The van der Waals surface area contributed by atoms with Crippen LogP contribution in [0, 0.1) is 0 Å². The summed E-state index contributed by atoms with van der Waals surface area (Å²) in [5.74, 6) is 0.641. The van der Waals surface area contributed by atoms with Crippen LogP contribution in [-0.4, -0.2) is 39.9 Å². The third kappa shape index (κ3) is 4.31. The zero-order valence-corrected chi connectivity index (χ0v) is 19.4. The van der Waals surface area contributed by atoms with E-state index in [1.807, 2.05) is 24.3 Å². The molecule has 6 nitrogen and oxygen atoms in total. The molecule has 1 aliphatic rings. The summed E-state index contributed by atoms with van der Waals surface area (Å²) < 4.78 is 32.7. The van der Waals surface area contributed by atoms with E-state index in [0.717, 1.165) is 16.9 Å². The fraction of sp³-hybridized carbons (Fsp3) is 0.208. The molecule has 0 aromatic heterocycles. The van der Waals surface area contributed by atoms with E-state index in [1.165, 1.54) is 16.4 Å². The SMILES string of the molecule is COc1ccc(CN(C)C(=O)c2ccc3c(c2)CCN3S(=O)(=O)c2ccc(Cl)cc2)cc1. The van der Waals surface area contributed by atoms with Crippen LogP contribution in [0.2, 0.25) is 5.02 Å². The van der Waals surface area contributed by atoms with Crippen molar-refractivity contribution in [1.29, 1.82) is 0 Å². The maximum atomic E-state index is 13.1. The van der Waals surface area contributed by atoms with Crippen molar-refractivity contribution >= 4 is 33.2 Å². The van der Waals surface area contributed by atoms with Gasteiger partial charge in [0.25, 0.3) is 15.9 Å². The van der Waals surface area contributed by atoms with Gasteiger partial charge in [0.15, 0.2) is 0 Å². The standard InChI is InChI=1S/C24H23ClN2O4S/c1-26(16-17-3-8-21(31-2)9-4-17)24(28)19-5-12-23-18(15-19)13-14-27(23)32(29,30)22-10-6-20(25)7-11-22/h3-12,15H,13-14,16H2,1-2H3. The highest BCUT2D eigenvalue weighted by molar-refractivity contribution is 7.92. The fourth-order valence-corrected chi connectivity index (χ4v) is 5.41. The molecule has 0 radical (unpaired) electrons. The van der Waals surface area contributed by atoms with Crippen molar-refractivity contribution in [3.8, 4) is 5.75 Å². The number of nitrogens with zero attached hydrogens (tertiary/aromatic N) is 2. The van der Waals surface area contributed by atoms with Crippen LogP contribution in [-0.2, 0) is 23.0 Å². The normalized spacial score (nSPS) is 13.0. The monoisotopic (exact) mass is 470 g/mol. The molecule has 4 rings (SSSR count). The van der Waals surface area contributed by atoms with E-state index in [9.17, 15) is 13.2 Å². The van der Waals surface area contributed by atoms with Gasteiger partial charge in [-0.15, -0.1) is 0 Å². The van der Waals surface area contributed by atoms with Crippen LogP contribution in [0.1, 0.15) is 21.5 Å². The van der Waals surface area contributed by atoms with Crippen molar-refractivity contribution in [2.75, 3.05) is 25.0 Å². The highest BCUT2D eigenvalue weighted by Gasteiger charge is 2.31. The topological polar surface area (TPSA) is 66.9 Å². The second kappa shape index (κ2) is 8.84. The summed E-state index contributed by atoms with van der Waals surface area (Å²) in [5.41, 5.74) is 2.97. The molecule has 0 aliphatic carbocycles. The average Bonchev–Trinajstić information content (AvgIpc) is 3.23. The summed E-state index contributed by atoms with van der Waals surface area (Å²) in [7, 11) is -0.337. The Morgan fingerprint density at radius 1 is 1.06 bits per heavy atom. The van der Waals surface area contributed by atoms with Crippen molar-refractivity contribution < 1.29 is 17.9 Å². The molecule has 0 fully saturated rings. The van der Waals surface area contributed by atoms with Crippen molar-refractivity contribution in [2.24, 2.45) is 0 Å². The molecule has 32 heavy (non-hydrogen) atoms. The van der Waals surface area contributed by atoms with Crippen LogP contribution in [0.5, 0.6) is 5.75 Å². The molecular formula is C24H23ClN2O4S. The summed E-state index contributed by atoms with van der Waals surface area (Å²) >= 11 is 5.89. The summed E-state index contributed by atoms with van der Waals surface area (Å²) in [6.45, 7) is 0.788. The number of benzene rings is 3. The second-order valence-corrected chi connectivity index (χ2v) is 9.93. The van der Waals surface area contributed by atoms with E-state index in [-0.39, 0.29) is 10.8 Å². The van der Waals surface area contributed by atoms with Crippen molar-refractivity contribution in [3.05, 3.63) is 88.4 Å². The Hall–Kier alpha value is -3.03. The van der Waals surface area contributed by atoms with Gasteiger partial charge in [0.05, 0.1) is 17.7 Å². The third-order valence-electron chi connectivity index (χ3n) is 5.51. The Labute approximate surface area is 193 Å². The van der Waals surface area contributed by atoms with Crippen LogP contribution in [0.15, 0.2) is 71.6 Å². The van der Waals surface area contributed by atoms with Gasteiger partial charge < -0.3 is 9.64 Å². The van der Waals surface area contributed by atoms with Crippen LogP contribution in [0.25, 0.3) is 0 Å². The number of hydrogen-bond donors (Lipinski definition) is 0. The first-order valence-corrected chi connectivity index (χ1v) is 11.9. The van der Waals surface area contributed by atoms with Gasteiger partial charge in [-0.25, -0.2) is 8.42 Å². The molecule has 1 aliphatic heterocycles.